The number of aromatic amines is 1. The van der Waals surface area contributed by atoms with Gasteiger partial charge in [-0.15, -0.1) is 5.10 Å². The van der Waals surface area contributed by atoms with Crippen LogP contribution >= 0.6 is 0 Å². The van der Waals surface area contributed by atoms with Gasteiger partial charge in [0.05, 0.1) is 11.6 Å². The van der Waals surface area contributed by atoms with Crippen molar-refractivity contribution in [1.29, 1.82) is 0 Å². The summed E-state index contributed by atoms with van der Waals surface area (Å²) in [4.78, 5) is 11.2. The van der Waals surface area contributed by atoms with Gasteiger partial charge in [-0.25, -0.2) is 0 Å². The molecule has 0 spiro atoms. The first kappa shape index (κ1) is 13.5. The van der Waals surface area contributed by atoms with Crippen LogP contribution in [0.5, 0.6) is 5.88 Å². The van der Waals surface area contributed by atoms with Gasteiger partial charge < -0.3 is 15.8 Å². The molecule has 1 aliphatic rings. The molecule has 1 aromatic heterocycles. The molecule has 1 fully saturated rings. The van der Waals surface area contributed by atoms with Crippen molar-refractivity contribution in [1.82, 2.24) is 15.5 Å². The molecule has 0 aliphatic carbocycles. The van der Waals surface area contributed by atoms with Gasteiger partial charge in [-0.1, -0.05) is 24.3 Å². The van der Waals surface area contributed by atoms with E-state index in [-0.39, 0.29) is 11.9 Å². The van der Waals surface area contributed by atoms with Gasteiger partial charge >= 0.3 is 0 Å². The average Bonchev–Trinajstić information content (AvgIpc) is 3.04. The number of anilines is 1. The highest BCUT2D eigenvalue weighted by Gasteiger charge is 2.23. The first-order valence-electron chi connectivity index (χ1n) is 6.97. The maximum atomic E-state index is 11.2. The zero-order valence-corrected chi connectivity index (χ0v) is 11.8. The van der Waals surface area contributed by atoms with Gasteiger partial charge in [-0.3, -0.25) is 9.89 Å². The van der Waals surface area contributed by atoms with Crippen LogP contribution in [0.25, 0.3) is 11.1 Å². The summed E-state index contributed by atoms with van der Waals surface area (Å²) in [5, 5.41) is 9.76. The zero-order valence-electron chi connectivity index (χ0n) is 11.8. The van der Waals surface area contributed by atoms with Gasteiger partial charge in [0, 0.05) is 6.42 Å². The van der Waals surface area contributed by atoms with Gasteiger partial charge in [-0.2, -0.15) is 0 Å². The van der Waals surface area contributed by atoms with E-state index in [4.69, 9.17) is 10.5 Å². The third-order valence-electron chi connectivity index (χ3n) is 3.68. The van der Waals surface area contributed by atoms with Crippen molar-refractivity contribution < 1.29 is 9.53 Å². The molecule has 21 heavy (non-hydrogen) atoms. The third-order valence-corrected chi connectivity index (χ3v) is 3.68. The molecule has 1 atom stereocenters. The summed E-state index contributed by atoms with van der Waals surface area (Å²) in [6, 6.07) is 7.98. The minimum absolute atomic E-state index is 0.0418. The van der Waals surface area contributed by atoms with Gasteiger partial charge in [0.1, 0.15) is 12.4 Å². The van der Waals surface area contributed by atoms with E-state index in [0.717, 1.165) is 23.1 Å². The van der Waals surface area contributed by atoms with Crippen LogP contribution in [-0.4, -0.2) is 28.8 Å². The highest BCUT2D eigenvalue weighted by atomic mass is 16.5. The third kappa shape index (κ3) is 2.69. The predicted octanol–water partition coefficient (Wildman–Crippen LogP) is 1.62. The van der Waals surface area contributed by atoms with Crippen LogP contribution in [0.4, 0.5) is 5.82 Å². The number of rotatable bonds is 4. The first-order chi connectivity index (χ1) is 10.1. The Hall–Kier alpha value is -2.50. The van der Waals surface area contributed by atoms with Crippen LogP contribution in [0.3, 0.4) is 0 Å². The lowest BCUT2D eigenvalue weighted by molar-refractivity contribution is -0.119. The molecule has 1 aromatic carbocycles. The maximum absolute atomic E-state index is 11.2. The quantitative estimate of drug-likeness (QED) is 0.796. The Bertz CT molecular complexity index is 665. The molecule has 0 bridgehead atoms. The van der Waals surface area contributed by atoms with Crippen molar-refractivity contribution in [2.75, 3.05) is 12.3 Å². The lowest BCUT2D eigenvalue weighted by Gasteiger charge is -2.12. The molecule has 110 valence electrons. The smallest absolute Gasteiger partial charge is 0.242 e. The molecule has 3 rings (SSSR count). The Morgan fingerprint density at radius 3 is 2.95 bits per heavy atom. The van der Waals surface area contributed by atoms with Gasteiger partial charge in [-0.05, 0) is 24.5 Å². The van der Waals surface area contributed by atoms with Crippen molar-refractivity contribution in [3.8, 4) is 17.0 Å². The summed E-state index contributed by atoms with van der Waals surface area (Å²) in [5.41, 5.74) is 8.85. The second-order valence-corrected chi connectivity index (χ2v) is 5.25. The summed E-state index contributed by atoms with van der Waals surface area (Å²) in [6.45, 7) is 2.41. The summed E-state index contributed by atoms with van der Waals surface area (Å²) in [6.07, 6.45) is 1.35. The molecule has 0 radical (unpaired) electrons. The Labute approximate surface area is 122 Å². The fourth-order valence-electron chi connectivity index (χ4n) is 2.54. The second kappa shape index (κ2) is 5.47. The van der Waals surface area contributed by atoms with Crippen LogP contribution in [0.2, 0.25) is 0 Å². The fourth-order valence-corrected chi connectivity index (χ4v) is 2.54. The van der Waals surface area contributed by atoms with Gasteiger partial charge in [0.15, 0.2) is 0 Å². The monoisotopic (exact) mass is 286 g/mol. The summed E-state index contributed by atoms with van der Waals surface area (Å²) < 4.78 is 5.76. The number of carbonyl (C=O) groups is 1. The molecule has 2 aromatic rings. The number of nitrogens with two attached hydrogens (primary N) is 1. The number of nitrogen functional groups attached to an aromatic ring is 1. The molecule has 2 heterocycles. The lowest BCUT2D eigenvalue weighted by Crippen LogP contribution is -2.31. The summed E-state index contributed by atoms with van der Waals surface area (Å²) >= 11 is 0. The normalized spacial score (nSPS) is 17.8. The number of aryl methyl sites for hydroxylation is 1. The first-order valence-corrected chi connectivity index (χ1v) is 6.97. The summed E-state index contributed by atoms with van der Waals surface area (Å²) in [5.74, 6) is 1.03. The minimum atomic E-state index is 0.0418. The number of hydrogen-bond acceptors (Lipinski definition) is 4. The molecule has 0 saturated carbocycles. The Morgan fingerprint density at radius 1 is 1.43 bits per heavy atom. The van der Waals surface area contributed by atoms with Crippen molar-refractivity contribution in [2.24, 2.45) is 0 Å². The van der Waals surface area contributed by atoms with Gasteiger partial charge in [0.2, 0.25) is 11.8 Å². The van der Waals surface area contributed by atoms with Crippen LogP contribution in [0.1, 0.15) is 18.4 Å². The van der Waals surface area contributed by atoms with Crippen LogP contribution in [-0.2, 0) is 4.79 Å². The number of nitrogens with zero attached hydrogens (tertiary/aromatic N) is 1. The Balaban J connectivity index is 1.81. The van der Waals surface area contributed by atoms with E-state index in [1.807, 2.05) is 31.2 Å². The molecule has 6 nitrogen and oxygen atoms in total. The predicted molar refractivity (Wildman–Crippen MR) is 79.8 cm³/mol. The highest BCUT2D eigenvalue weighted by Crippen LogP contribution is 2.35. The summed E-state index contributed by atoms with van der Waals surface area (Å²) in [7, 11) is 0. The fraction of sp³-hybridized carbons (Fsp3) is 0.333. The lowest BCUT2D eigenvalue weighted by atomic mass is 10.0. The molecular weight excluding hydrogens is 268 g/mol. The van der Waals surface area contributed by atoms with E-state index in [1.54, 1.807) is 0 Å². The van der Waals surface area contributed by atoms with Crippen molar-refractivity contribution in [2.45, 2.75) is 25.8 Å². The van der Waals surface area contributed by atoms with E-state index >= 15 is 0 Å². The number of aromatic nitrogens is 2. The van der Waals surface area contributed by atoms with E-state index in [0.29, 0.717) is 24.7 Å². The Kier molecular flexibility index (Phi) is 3.51. The number of benzene rings is 1. The zero-order chi connectivity index (χ0) is 14.8. The Morgan fingerprint density at radius 2 is 2.24 bits per heavy atom. The number of amides is 1. The van der Waals surface area contributed by atoms with E-state index in [1.165, 1.54) is 0 Å². The minimum Gasteiger partial charge on any atom is -0.474 e. The standard InChI is InChI=1S/C15H18N4O2/c1-9-4-2-3-5-11(9)13-14(16)18-19-15(13)21-8-10-6-7-12(20)17-10/h2-5,10H,6-8H2,1H3,(H,17,20)(H3,16,18,19)/t10-/m0/s1. The number of nitrogens with one attached hydrogen (secondary N) is 2. The van der Waals surface area contributed by atoms with Gasteiger partial charge in [0.25, 0.3) is 0 Å². The maximum Gasteiger partial charge on any atom is 0.242 e. The number of carbonyl (C=O) groups excluding carboxylic acids is 1. The van der Waals surface area contributed by atoms with Crippen molar-refractivity contribution in [3.05, 3.63) is 29.8 Å². The van der Waals surface area contributed by atoms with E-state index < -0.39 is 0 Å². The average molecular weight is 286 g/mol. The molecule has 4 N–H and O–H groups in total. The SMILES string of the molecule is Cc1ccccc1-c1c(OC[C@@H]2CCC(=O)N2)n[nH]c1N. The molecular formula is C15H18N4O2. The topological polar surface area (TPSA) is 93.0 Å². The van der Waals surface area contributed by atoms with E-state index in [2.05, 4.69) is 15.5 Å². The number of ether oxygens (including phenoxy) is 1. The van der Waals surface area contributed by atoms with Crippen LogP contribution < -0.4 is 15.8 Å². The highest BCUT2D eigenvalue weighted by molar-refractivity contribution is 5.80. The number of hydrogen-bond donors (Lipinski definition) is 3. The number of H-pyrrole nitrogens is 1. The van der Waals surface area contributed by atoms with Crippen molar-refractivity contribution >= 4 is 11.7 Å². The van der Waals surface area contributed by atoms with Crippen LogP contribution in [0.15, 0.2) is 24.3 Å². The largest absolute Gasteiger partial charge is 0.474 e. The molecule has 0 unspecified atom stereocenters. The molecule has 6 heteroatoms. The van der Waals surface area contributed by atoms with Crippen molar-refractivity contribution in [3.63, 3.8) is 0 Å². The van der Waals surface area contributed by atoms with Crippen LogP contribution in [0, 0.1) is 6.92 Å². The molecule has 1 aliphatic heterocycles. The molecule has 1 saturated heterocycles. The molecule has 1 amide bonds. The van der Waals surface area contributed by atoms with E-state index in [9.17, 15) is 4.79 Å². The second-order valence-electron chi connectivity index (χ2n) is 5.25.